The molecule has 0 spiro atoms. The van der Waals surface area contributed by atoms with Crippen LogP contribution in [-0.2, 0) is 0 Å². The summed E-state index contributed by atoms with van der Waals surface area (Å²) in [5.41, 5.74) is 1.08. The van der Waals surface area contributed by atoms with Gasteiger partial charge >= 0.3 is 0 Å². The number of para-hydroxylation sites is 1. The van der Waals surface area contributed by atoms with E-state index in [1.54, 1.807) is 23.7 Å². The second-order valence-corrected chi connectivity index (χ2v) is 6.49. The first kappa shape index (κ1) is 13.5. The van der Waals surface area contributed by atoms with Gasteiger partial charge in [-0.05, 0) is 37.1 Å². The van der Waals surface area contributed by atoms with Gasteiger partial charge in [0.25, 0.3) is 0 Å². The van der Waals surface area contributed by atoms with Crippen molar-refractivity contribution in [1.29, 1.82) is 0 Å². The predicted molar refractivity (Wildman–Crippen MR) is 89.7 cm³/mol. The fraction of sp³-hybridized carbons (Fsp3) is 0.294. The summed E-state index contributed by atoms with van der Waals surface area (Å²) in [6.45, 7) is 1.93. The number of anilines is 1. The van der Waals surface area contributed by atoms with Crippen LogP contribution in [0, 0.1) is 0 Å². The number of thiazole rings is 1. The number of hydrogen-bond acceptors (Lipinski definition) is 5. The Kier molecular flexibility index (Phi) is 3.64. The van der Waals surface area contributed by atoms with Crippen LogP contribution in [0.4, 0.5) is 5.13 Å². The molecule has 5 heteroatoms. The molecular formula is C17H17N3OS. The van der Waals surface area contributed by atoms with Crippen LogP contribution in [0.15, 0.2) is 48.8 Å². The number of piperidine rings is 1. The zero-order valence-electron chi connectivity index (χ0n) is 12.2. The lowest BCUT2D eigenvalue weighted by Crippen LogP contribution is -2.41. The lowest BCUT2D eigenvalue weighted by atomic mass is 10.1. The van der Waals surface area contributed by atoms with Crippen LogP contribution in [0.3, 0.4) is 0 Å². The van der Waals surface area contributed by atoms with Gasteiger partial charge in [-0.2, -0.15) is 0 Å². The maximum absolute atomic E-state index is 6.05. The summed E-state index contributed by atoms with van der Waals surface area (Å²) in [5, 5.41) is 1.10. The van der Waals surface area contributed by atoms with E-state index < -0.39 is 0 Å². The van der Waals surface area contributed by atoms with Crippen molar-refractivity contribution in [3.05, 3.63) is 48.8 Å². The molecule has 0 bridgehead atoms. The zero-order chi connectivity index (χ0) is 14.8. The van der Waals surface area contributed by atoms with Crippen LogP contribution < -0.4 is 9.64 Å². The molecule has 4 rings (SSSR count). The van der Waals surface area contributed by atoms with E-state index in [9.17, 15) is 0 Å². The van der Waals surface area contributed by atoms with Gasteiger partial charge in [0.15, 0.2) is 5.13 Å². The topological polar surface area (TPSA) is 38.2 Å². The van der Waals surface area contributed by atoms with E-state index in [1.165, 1.54) is 4.70 Å². The molecule has 0 saturated carbocycles. The van der Waals surface area contributed by atoms with Crippen LogP contribution in [-0.4, -0.2) is 29.2 Å². The van der Waals surface area contributed by atoms with E-state index >= 15 is 0 Å². The van der Waals surface area contributed by atoms with E-state index in [1.807, 2.05) is 18.2 Å². The third-order valence-corrected chi connectivity index (χ3v) is 4.97. The first-order valence-corrected chi connectivity index (χ1v) is 8.37. The van der Waals surface area contributed by atoms with Crippen molar-refractivity contribution >= 4 is 26.7 Å². The Balaban J connectivity index is 1.50. The van der Waals surface area contributed by atoms with E-state index in [0.29, 0.717) is 0 Å². The SMILES string of the molecule is c1cncc(OC2CCCN(c3nc4ccccc4s3)C2)c1. The number of rotatable bonds is 3. The summed E-state index contributed by atoms with van der Waals surface area (Å²) in [4.78, 5) is 11.2. The van der Waals surface area contributed by atoms with Crippen molar-refractivity contribution < 1.29 is 4.74 Å². The molecule has 1 atom stereocenters. The molecular weight excluding hydrogens is 294 g/mol. The first-order valence-electron chi connectivity index (χ1n) is 7.56. The summed E-state index contributed by atoms with van der Waals surface area (Å²) >= 11 is 1.76. The molecule has 0 N–H and O–H groups in total. The molecule has 1 saturated heterocycles. The molecule has 1 unspecified atom stereocenters. The number of ether oxygens (including phenoxy) is 1. The fourth-order valence-electron chi connectivity index (χ4n) is 2.81. The standard InChI is InChI=1S/C17H17N3OS/c1-2-8-16-15(7-1)19-17(22-16)20-10-4-6-14(12-20)21-13-5-3-9-18-11-13/h1-3,5,7-9,11,14H,4,6,10,12H2. The first-order chi connectivity index (χ1) is 10.9. The molecule has 0 radical (unpaired) electrons. The summed E-state index contributed by atoms with van der Waals surface area (Å²) in [5.74, 6) is 0.846. The van der Waals surface area contributed by atoms with Crippen molar-refractivity contribution in [2.24, 2.45) is 0 Å². The van der Waals surface area contributed by atoms with Crippen molar-refractivity contribution in [2.75, 3.05) is 18.0 Å². The van der Waals surface area contributed by atoms with Gasteiger partial charge in [-0.3, -0.25) is 4.98 Å². The smallest absolute Gasteiger partial charge is 0.186 e. The summed E-state index contributed by atoms with van der Waals surface area (Å²) in [6.07, 6.45) is 5.94. The van der Waals surface area contributed by atoms with E-state index in [-0.39, 0.29) is 6.10 Å². The van der Waals surface area contributed by atoms with Crippen LogP contribution in [0.5, 0.6) is 5.75 Å². The number of benzene rings is 1. The van der Waals surface area contributed by atoms with Gasteiger partial charge in [-0.15, -0.1) is 0 Å². The van der Waals surface area contributed by atoms with Gasteiger partial charge in [0.2, 0.25) is 0 Å². The average Bonchev–Trinajstić information content (AvgIpc) is 3.00. The molecule has 3 heterocycles. The number of nitrogens with zero attached hydrogens (tertiary/aromatic N) is 3. The highest BCUT2D eigenvalue weighted by atomic mass is 32.1. The Morgan fingerprint density at radius 2 is 2.14 bits per heavy atom. The molecule has 1 fully saturated rings. The number of hydrogen-bond donors (Lipinski definition) is 0. The minimum Gasteiger partial charge on any atom is -0.487 e. The van der Waals surface area contributed by atoms with Crippen molar-refractivity contribution in [1.82, 2.24) is 9.97 Å². The van der Waals surface area contributed by atoms with Gasteiger partial charge in [-0.1, -0.05) is 23.5 Å². The van der Waals surface area contributed by atoms with Crippen LogP contribution >= 0.6 is 11.3 Å². The molecule has 2 aromatic heterocycles. The summed E-state index contributed by atoms with van der Waals surface area (Å²) in [7, 11) is 0. The molecule has 0 amide bonds. The molecule has 1 aliphatic heterocycles. The Labute approximate surface area is 133 Å². The van der Waals surface area contributed by atoms with E-state index in [2.05, 4.69) is 28.1 Å². The molecule has 3 aromatic rings. The minimum absolute atomic E-state index is 0.199. The van der Waals surface area contributed by atoms with E-state index in [0.717, 1.165) is 42.3 Å². The van der Waals surface area contributed by atoms with Gasteiger partial charge in [0, 0.05) is 12.7 Å². The number of fused-ring (bicyclic) bond motifs is 1. The number of pyridine rings is 1. The third kappa shape index (κ3) is 2.76. The molecule has 112 valence electrons. The van der Waals surface area contributed by atoms with Crippen molar-refractivity contribution in [2.45, 2.75) is 18.9 Å². The third-order valence-electron chi connectivity index (χ3n) is 3.87. The zero-order valence-corrected chi connectivity index (χ0v) is 13.0. The van der Waals surface area contributed by atoms with Gasteiger partial charge in [-0.25, -0.2) is 4.98 Å². The van der Waals surface area contributed by atoms with E-state index in [4.69, 9.17) is 9.72 Å². The molecule has 4 nitrogen and oxygen atoms in total. The fourth-order valence-corrected chi connectivity index (χ4v) is 3.81. The van der Waals surface area contributed by atoms with Crippen LogP contribution in [0.1, 0.15) is 12.8 Å². The second-order valence-electron chi connectivity index (χ2n) is 5.48. The Bertz CT molecular complexity index is 726. The predicted octanol–water partition coefficient (Wildman–Crippen LogP) is 3.74. The minimum atomic E-state index is 0.199. The average molecular weight is 311 g/mol. The molecule has 22 heavy (non-hydrogen) atoms. The normalized spacial score (nSPS) is 18.5. The van der Waals surface area contributed by atoms with Crippen molar-refractivity contribution in [3.63, 3.8) is 0 Å². The van der Waals surface area contributed by atoms with Crippen LogP contribution in [0.2, 0.25) is 0 Å². The Morgan fingerprint density at radius 3 is 3.00 bits per heavy atom. The summed E-state index contributed by atoms with van der Waals surface area (Å²) in [6, 6.07) is 12.2. The maximum atomic E-state index is 6.05. The van der Waals surface area contributed by atoms with Crippen molar-refractivity contribution in [3.8, 4) is 5.75 Å². The highest BCUT2D eigenvalue weighted by molar-refractivity contribution is 7.22. The Hall–Kier alpha value is -2.14. The molecule has 1 aliphatic rings. The highest BCUT2D eigenvalue weighted by Crippen LogP contribution is 2.30. The monoisotopic (exact) mass is 311 g/mol. The highest BCUT2D eigenvalue weighted by Gasteiger charge is 2.23. The van der Waals surface area contributed by atoms with Gasteiger partial charge in [0.1, 0.15) is 11.9 Å². The van der Waals surface area contributed by atoms with Gasteiger partial charge < -0.3 is 9.64 Å². The second kappa shape index (κ2) is 5.93. The maximum Gasteiger partial charge on any atom is 0.186 e. The number of aromatic nitrogens is 2. The molecule has 0 aliphatic carbocycles. The largest absolute Gasteiger partial charge is 0.487 e. The van der Waals surface area contributed by atoms with Gasteiger partial charge in [0.05, 0.1) is 23.0 Å². The lowest BCUT2D eigenvalue weighted by molar-refractivity contribution is 0.178. The van der Waals surface area contributed by atoms with Crippen LogP contribution in [0.25, 0.3) is 10.2 Å². The lowest BCUT2D eigenvalue weighted by Gasteiger charge is -2.32. The summed E-state index contributed by atoms with van der Waals surface area (Å²) < 4.78 is 7.30. The Morgan fingerprint density at radius 1 is 1.18 bits per heavy atom. The molecule has 1 aromatic carbocycles. The quantitative estimate of drug-likeness (QED) is 0.738.